The first-order valence-corrected chi connectivity index (χ1v) is 8.00. The molecule has 3 N–H and O–H groups in total. The van der Waals surface area contributed by atoms with E-state index in [1.54, 1.807) is 48.5 Å². The number of carbonyl (C=O) groups excluding carboxylic acids is 2. The van der Waals surface area contributed by atoms with E-state index in [9.17, 15) is 14.4 Å². The molecule has 0 spiro atoms. The van der Waals surface area contributed by atoms with Gasteiger partial charge in [0.2, 0.25) is 0 Å². The Balaban J connectivity index is 1.52. The van der Waals surface area contributed by atoms with E-state index in [0.717, 1.165) is 5.56 Å². The third kappa shape index (κ3) is 4.61. The molecule has 7 nitrogen and oxygen atoms in total. The van der Waals surface area contributed by atoms with E-state index in [-0.39, 0.29) is 5.69 Å². The second-order valence-electron chi connectivity index (χ2n) is 5.38. The molecular weight excluding hydrogens is 358 g/mol. The van der Waals surface area contributed by atoms with Crippen molar-refractivity contribution in [2.75, 3.05) is 11.9 Å². The molecule has 3 rings (SSSR count). The smallest absolute Gasteiger partial charge is 0.331 e. The molecule has 8 heteroatoms. The first kappa shape index (κ1) is 17.5. The topological polar surface area (TPSA) is 104 Å². The predicted octanol–water partition coefficient (Wildman–Crippen LogP) is 2.70. The molecule has 132 valence electrons. The lowest BCUT2D eigenvalue weighted by Gasteiger charge is -2.05. The monoisotopic (exact) mass is 371 g/mol. The number of ether oxygens (including phenoxy) is 1. The summed E-state index contributed by atoms with van der Waals surface area (Å²) in [5.41, 5.74) is 2.08. The number of nitrogens with one attached hydrogen (secondary N) is 3. The van der Waals surface area contributed by atoms with E-state index in [0.29, 0.717) is 21.7 Å². The molecule has 1 aromatic heterocycles. The number of anilines is 1. The Labute approximate surface area is 152 Å². The zero-order chi connectivity index (χ0) is 18.5. The Morgan fingerprint density at radius 1 is 1.12 bits per heavy atom. The molecule has 0 aliphatic rings. The van der Waals surface area contributed by atoms with Crippen LogP contribution in [0.2, 0.25) is 5.02 Å². The van der Waals surface area contributed by atoms with Gasteiger partial charge < -0.3 is 20.0 Å². The molecule has 0 unspecified atom stereocenters. The summed E-state index contributed by atoms with van der Waals surface area (Å²) in [5.74, 6) is -1.14. The molecule has 2 aromatic carbocycles. The SMILES string of the molecule is O=C(COC(=O)/C=C\c1cccc(Cl)c1)Nc1ccc2[nH]c(=O)[nH]c2c1. The Morgan fingerprint density at radius 2 is 1.92 bits per heavy atom. The first-order chi connectivity index (χ1) is 12.5. The first-order valence-electron chi connectivity index (χ1n) is 7.62. The lowest BCUT2D eigenvalue weighted by Crippen LogP contribution is -2.20. The van der Waals surface area contributed by atoms with Gasteiger partial charge in [-0.3, -0.25) is 4.79 Å². The highest BCUT2D eigenvalue weighted by molar-refractivity contribution is 6.30. The number of aromatic amines is 2. The largest absolute Gasteiger partial charge is 0.452 e. The summed E-state index contributed by atoms with van der Waals surface area (Å²) in [6, 6.07) is 11.8. The number of imidazole rings is 1. The summed E-state index contributed by atoms with van der Waals surface area (Å²) in [7, 11) is 0. The van der Waals surface area contributed by atoms with Crippen LogP contribution in [-0.2, 0) is 14.3 Å². The summed E-state index contributed by atoms with van der Waals surface area (Å²) in [6.45, 7) is -0.430. The summed E-state index contributed by atoms with van der Waals surface area (Å²) >= 11 is 5.85. The predicted molar refractivity (Wildman–Crippen MR) is 99.0 cm³/mol. The highest BCUT2D eigenvalue weighted by Crippen LogP contribution is 2.14. The number of rotatable bonds is 5. The minimum Gasteiger partial charge on any atom is -0.452 e. The van der Waals surface area contributed by atoms with Crippen molar-refractivity contribution in [3.63, 3.8) is 0 Å². The molecule has 1 heterocycles. The van der Waals surface area contributed by atoms with Gasteiger partial charge in [-0.2, -0.15) is 0 Å². The van der Waals surface area contributed by atoms with Crippen molar-refractivity contribution in [3.8, 4) is 0 Å². The van der Waals surface area contributed by atoms with Crippen molar-refractivity contribution in [1.82, 2.24) is 9.97 Å². The Kier molecular flexibility index (Phi) is 5.19. The minimum absolute atomic E-state index is 0.330. The van der Waals surface area contributed by atoms with Crippen molar-refractivity contribution in [3.05, 3.63) is 69.6 Å². The van der Waals surface area contributed by atoms with Crippen LogP contribution in [0.3, 0.4) is 0 Å². The van der Waals surface area contributed by atoms with Gasteiger partial charge in [0, 0.05) is 16.8 Å². The van der Waals surface area contributed by atoms with E-state index in [4.69, 9.17) is 16.3 Å². The average Bonchev–Trinajstić information content (AvgIpc) is 2.97. The van der Waals surface area contributed by atoms with Gasteiger partial charge in [-0.25, -0.2) is 9.59 Å². The Hall–Kier alpha value is -3.32. The van der Waals surface area contributed by atoms with Crippen LogP contribution < -0.4 is 11.0 Å². The number of fused-ring (bicyclic) bond motifs is 1. The minimum atomic E-state index is -0.648. The Bertz CT molecular complexity index is 1050. The maximum Gasteiger partial charge on any atom is 0.331 e. The van der Waals surface area contributed by atoms with Crippen LogP contribution in [0.1, 0.15) is 5.56 Å². The summed E-state index contributed by atoms with van der Waals surface area (Å²) < 4.78 is 4.88. The normalized spacial score (nSPS) is 11.0. The van der Waals surface area contributed by atoms with Crippen LogP contribution in [0, 0.1) is 0 Å². The van der Waals surface area contributed by atoms with Crippen molar-refractivity contribution >= 4 is 46.3 Å². The number of amides is 1. The zero-order valence-corrected chi connectivity index (χ0v) is 14.2. The molecule has 26 heavy (non-hydrogen) atoms. The molecule has 0 atom stereocenters. The van der Waals surface area contributed by atoms with Gasteiger partial charge in [0.25, 0.3) is 5.91 Å². The molecule has 0 radical (unpaired) electrons. The van der Waals surface area contributed by atoms with E-state index >= 15 is 0 Å². The van der Waals surface area contributed by atoms with Gasteiger partial charge in [-0.05, 0) is 42.0 Å². The fraction of sp³-hybridized carbons (Fsp3) is 0.0556. The van der Waals surface area contributed by atoms with Crippen LogP contribution in [0.4, 0.5) is 5.69 Å². The number of benzene rings is 2. The number of H-pyrrole nitrogens is 2. The molecule has 1 amide bonds. The summed E-state index contributed by atoms with van der Waals surface area (Å²) in [6.07, 6.45) is 2.76. The van der Waals surface area contributed by atoms with Crippen molar-refractivity contribution < 1.29 is 14.3 Å². The van der Waals surface area contributed by atoms with E-state index in [1.807, 2.05) is 0 Å². The number of esters is 1. The highest BCUT2D eigenvalue weighted by Gasteiger charge is 2.07. The van der Waals surface area contributed by atoms with Gasteiger partial charge >= 0.3 is 11.7 Å². The molecular formula is C18H14ClN3O4. The standard InChI is InChI=1S/C18H14ClN3O4/c19-12-3-1-2-11(8-12)4-7-17(24)26-10-16(23)20-13-5-6-14-15(9-13)22-18(25)21-14/h1-9H,10H2,(H,20,23)(H2,21,22,25)/b7-4-. The second-order valence-corrected chi connectivity index (χ2v) is 5.82. The summed E-state index contributed by atoms with van der Waals surface area (Å²) in [4.78, 5) is 39.9. The van der Waals surface area contributed by atoms with Crippen molar-refractivity contribution in [2.24, 2.45) is 0 Å². The molecule has 0 saturated carbocycles. The fourth-order valence-electron chi connectivity index (χ4n) is 2.27. The van der Waals surface area contributed by atoms with Gasteiger partial charge in [0.1, 0.15) is 0 Å². The van der Waals surface area contributed by atoms with Crippen LogP contribution in [0.25, 0.3) is 17.1 Å². The van der Waals surface area contributed by atoms with Gasteiger partial charge in [-0.1, -0.05) is 23.7 Å². The molecule has 0 fully saturated rings. The number of aromatic nitrogens is 2. The number of hydrogen-bond acceptors (Lipinski definition) is 4. The highest BCUT2D eigenvalue weighted by atomic mass is 35.5. The van der Waals surface area contributed by atoms with Crippen LogP contribution >= 0.6 is 11.6 Å². The van der Waals surface area contributed by atoms with Crippen LogP contribution in [0.15, 0.2) is 53.3 Å². The van der Waals surface area contributed by atoms with E-state index in [2.05, 4.69) is 15.3 Å². The lowest BCUT2D eigenvalue weighted by atomic mass is 10.2. The van der Waals surface area contributed by atoms with Crippen molar-refractivity contribution in [1.29, 1.82) is 0 Å². The average molecular weight is 372 g/mol. The third-order valence-corrected chi connectivity index (χ3v) is 3.64. The number of hydrogen-bond donors (Lipinski definition) is 3. The maximum absolute atomic E-state index is 11.9. The van der Waals surface area contributed by atoms with Crippen LogP contribution in [-0.4, -0.2) is 28.5 Å². The molecule has 3 aromatic rings. The van der Waals surface area contributed by atoms with Crippen molar-refractivity contribution in [2.45, 2.75) is 0 Å². The summed E-state index contributed by atoms with van der Waals surface area (Å²) in [5, 5.41) is 3.14. The molecule has 0 aliphatic carbocycles. The van der Waals surface area contributed by atoms with E-state index < -0.39 is 18.5 Å². The zero-order valence-electron chi connectivity index (χ0n) is 13.4. The third-order valence-electron chi connectivity index (χ3n) is 3.41. The fourth-order valence-corrected chi connectivity index (χ4v) is 2.47. The van der Waals surface area contributed by atoms with Gasteiger partial charge in [0.05, 0.1) is 11.0 Å². The van der Waals surface area contributed by atoms with Gasteiger partial charge in [-0.15, -0.1) is 0 Å². The quantitative estimate of drug-likeness (QED) is 0.473. The molecule has 0 bridgehead atoms. The van der Waals surface area contributed by atoms with Crippen LogP contribution in [0.5, 0.6) is 0 Å². The lowest BCUT2D eigenvalue weighted by molar-refractivity contribution is -0.142. The Morgan fingerprint density at radius 3 is 2.73 bits per heavy atom. The second kappa shape index (κ2) is 7.71. The van der Waals surface area contributed by atoms with Gasteiger partial charge in [0.15, 0.2) is 6.61 Å². The molecule has 0 saturated heterocycles. The maximum atomic E-state index is 11.9. The number of carbonyl (C=O) groups is 2. The molecule has 0 aliphatic heterocycles. The van der Waals surface area contributed by atoms with E-state index in [1.165, 1.54) is 6.08 Å². The number of halogens is 1.